The van der Waals surface area contributed by atoms with Crippen molar-refractivity contribution in [2.24, 2.45) is 0 Å². The van der Waals surface area contributed by atoms with E-state index in [0.717, 1.165) is 0 Å². The summed E-state index contributed by atoms with van der Waals surface area (Å²) in [4.78, 5) is 16.2. The van der Waals surface area contributed by atoms with Crippen LogP contribution in [0.3, 0.4) is 0 Å². The molecule has 6 heteroatoms. The molecule has 1 heterocycles. The maximum atomic E-state index is 14.5. The Labute approximate surface area is 149 Å². The van der Waals surface area contributed by atoms with E-state index in [1.165, 1.54) is 31.5 Å². The lowest BCUT2D eigenvalue weighted by Crippen LogP contribution is -2.31. The Morgan fingerprint density at radius 3 is 2.50 bits per heavy atom. The number of hydrogen-bond acceptors (Lipinski definition) is 4. The van der Waals surface area contributed by atoms with Gasteiger partial charge in [-0.3, -0.25) is 4.79 Å². The van der Waals surface area contributed by atoms with Crippen molar-refractivity contribution in [3.05, 3.63) is 65.9 Å². The Morgan fingerprint density at radius 2 is 1.77 bits per heavy atom. The Bertz CT molecular complexity index is 986. The molecule has 26 heavy (non-hydrogen) atoms. The lowest BCUT2D eigenvalue weighted by Gasteiger charge is -2.25. The molecule has 0 saturated heterocycles. The molecule has 0 aliphatic carbocycles. The van der Waals surface area contributed by atoms with Gasteiger partial charge in [-0.1, -0.05) is 18.2 Å². The summed E-state index contributed by atoms with van der Waals surface area (Å²) in [5.41, 5.74) is -0.966. The second-order valence-electron chi connectivity index (χ2n) is 6.31. The smallest absolute Gasteiger partial charge is 0.315 e. The van der Waals surface area contributed by atoms with Gasteiger partial charge in [0.1, 0.15) is 28.7 Å². The largest absolute Gasteiger partial charge is 0.468 e. The number of rotatable bonds is 4. The summed E-state index contributed by atoms with van der Waals surface area (Å²) in [7, 11) is 1.24. The van der Waals surface area contributed by atoms with Crippen molar-refractivity contribution in [1.82, 2.24) is 4.98 Å². The van der Waals surface area contributed by atoms with Crippen molar-refractivity contribution in [3.8, 4) is 11.5 Å². The molecule has 4 nitrogen and oxygen atoms in total. The van der Waals surface area contributed by atoms with Crippen molar-refractivity contribution < 1.29 is 23.0 Å². The Morgan fingerprint density at radius 1 is 1.08 bits per heavy atom. The maximum absolute atomic E-state index is 14.5. The molecular weight excluding hydrogens is 340 g/mol. The van der Waals surface area contributed by atoms with Gasteiger partial charge in [0.2, 0.25) is 0 Å². The van der Waals surface area contributed by atoms with E-state index in [2.05, 4.69) is 4.98 Å². The van der Waals surface area contributed by atoms with Gasteiger partial charge in [0.25, 0.3) is 0 Å². The Hall–Kier alpha value is -3.02. The average Bonchev–Trinajstić information content (AvgIpc) is 2.61. The number of halogens is 2. The number of pyridine rings is 1. The number of fused-ring (bicyclic) bond motifs is 1. The van der Waals surface area contributed by atoms with Crippen LogP contribution in [0.5, 0.6) is 11.5 Å². The van der Waals surface area contributed by atoms with E-state index in [0.29, 0.717) is 11.1 Å². The fourth-order valence-electron chi connectivity index (χ4n) is 2.84. The van der Waals surface area contributed by atoms with E-state index in [4.69, 9.17) is 9.47 Å². The van der Waals surface area contributed by atoms with Gasteiger partial charge in [-0.05, 0) is 38.1 Å². The van der Waals surface area contributed by atoms with Crippen molar-refractivity contribution in [2.45, 2.75) is 19.3 Å². The molecule has 2 aromatic carbocycles. The van der Waals surface area contributed by atoms with Crippen LogP contribution in [-0.2, 0) is 14.9 Å². The van der Waals surface area contributed by atoms with Crippen LogP contribution >= 0.6 is 0 Å². The summed E-state index contributed by atoms with van der Waals surface area (Å²) in [6.07, 6.45) is 1.35. The lowest BCUT2D eigenvalue weighted by atomic mass is 9.83. The van der Waals surface area contributed by atoms with Gasteiger partial charge in [-0.2, -0.15) is 0 Å². The number of ether oxygens (including phenoxy) is 2. The lowest BCUT2D eigenvalue weighted by molar-refractivity contribution is -0.146. The zero-order valence-electron chi connectivity index (χ0n) is 14.5. The number of esters is 1. The molecule has 0 N–H and O–H groups in total. The molecule has 0 fully saturated rings. The quantitative estimate of drug-likeness (QED) is 0.632. The van der Waals surface area contributed by atoms with Crippen LogP contribution in [0.4, 0.5) is 8.78 Å². The van der Waals surface area contributed by atoms with E-state index in [-0.39, 0.29) is 16.8 Å². The first-order valence-electron chi connectivity index (χ1n) is 7.94. The first-order valence-corrected chi connectivity index (χ1v) is 7.94. The summed E-state index contributed by atoms with van der Waals surface area (Å²) in [5, 5.41) is 0.549. The van der Waals surface area contributed by atoms with Gasteiger partial charge in [-0.15, -0.1) is 0 Å². The number of benzene rings is 2. The number of nitrogens with zero attached hydrogens (tertiary/aromatic N) is 1. The van der Waals surface area contributed by atoms with Crippen LogP contribution in [0.25, 0.3) is 10.9 Å². The predicted octanol–water partition coefficient (Wildman–Crippen LogP) is 4.76. The van der Waals surface area contributed by atoms with E-state index in [9.17, 15) is 13.6 Å². The highest BCUT2D eigenvalue weighted by atomic mass is 19.1. The fraction of sp³-hybridized carbons (Fsp3) is 0.200. The maximum Gasteiger partial charge on any atom is 0.315 e. The predicted molar refractivity (Wildman–Crippen MR) is 93.2 cm³/mol. The molecule has 3 rings (SSSR count). The Balaban J connectivity index is 2.06. The van der Waals surface area contributed by atoms with Gasteiger partial charge in [0.05, 0.1) is 18.7 Å². The summed E-state index contributed by atoms with van der Waals surface area (Å²) in [5.74, 6) is -1.15. The van der Waals surface area contributed by atoms with Crippen molar-refractivity contribution in [2.75, 3.05) is 7.11 Å². The first-order chi connectivity index (χ1) is 12.3. The van der Waals surface area contributed by atoms with Crippen molar-refractivity contribution in [1.29, 1.82) is 0 Å². The van der Waals surface area contributed by atoms with Gasteiger partial charge in [0.15, 0.2) is 0 Å². The van der Waals surface area contributed by atoms with E-state index >= 15 is 0 Å². The summed E-state index contributed by atoms with van der Waals surface area (Å²) in [6, 6.07) is 10.5. The molecule has 0 aliphatic heterocycles. The minimum Gasteiger partial charge on any atom is -0.468 e. The van der Waals surface area contributed by atoms with E-state index < -0.39 is 23.0 Å². The van der Waals surface area contributed by atoms with Gasteiger partial charge < -0.3 is 9.47 Å². The monoisotopic (exact) mass is 357 g/mol. The van der Waals surface area contributed by atoms with E-state index in [1.807, 2.05) is 0 Å². The highest BCUT2D eigenvalue weighted by molar-refractivity contribution is 5.83. The molecule has 134 valence electrons. The van der Waals surface area contributed by atoms with Crippen molar-refractivity contribution >= 4 is 16.9 Å². The normalized spacial score (nSPS) is 11.4. The van der Waals surface area contributed by atoms with Crippen LogP contribution in [0.15, 0.2) is 48.7 Å². The molecule has 0 spiro atoms. The minimum absolute atomic E-state index is 0.0752. The summed E-state index contributed by atoms with van der Waals surface area (Å²) in [6.45, 7) is 3.11. The SMILES string of the molecule is COC(=O)C(C)(C)c1c(F)cccc1Oc1cnc2c(F)cccc2c1. The highest BCUT2D eigenvalue weighted by Gasteiger charge is 2.36. The summed E-state index contributed by atoms with van der Waals surface area (Å²) < 4.78 is 38.8. The van der Waals surface area contributed by atoms with Crippen LogP contribution in [0.2, 0.25) is 0 Å². The van der Waals surface area contributed by atoms with Crippen LogP contribution in [0.1, 0.15) is 19.4 Å². The highest BCUT2D eigenvalue weighted by Crippen LogP contribution is 2.37. The standard InChI is InChI=1S/C20H17F2NO3/c1-20(2,19(24)25-3)17-14(21)7-5-9-16(17)26-13-10-12-6-4-8-15(22)18(12)23-11-13/h4-11H,1-3H3. The molecule has 0 aliphatic rings. The number of carbonyl (C=O) groups excluding carboxylic acids is 1. The topological polar surface area (TPSA) is 48.4 Å². The van der Waals surface area contributed by atoms with Crippen LogP contribution in [-0.4, -0.2) is 18.1 Å². The first kappa shape index (κ1) is 17.8. The third-order valence-electron chi connectivity index (χ3n) is 4.16. The summed E-state index contributed by atoms with van der Waals surface area (Å²) >= 11 is 0. The third kappa shape index (κ3) is 3.10. The fourth-order valence-corrected chi connectivity index (χ4v) is 2.84. The van der Waals surface area contributed by atoms with Crippen LogP contribution in [0, 0.1) is 11.6 Å². The number of para-hydroxylation sites is 1. The molecule has 0 saturated carbocycles. The zero-order valence-corrected chi connectivity index (χ0v) is 14.5. The molecule has 3 aromatic rings. The number of methoxy groups -OCH3 is 1. The van der Waals surface area contributed by atoms with Gasteiger partial charge >= 0.3 is 5.97 Å². The zero-order chi connectivity index (χ0) is 18.9. The van der Waals surface area contributed by atoms with Gasteiger partial charge in [0, 0.05) is 10.9 Å². The second-order valence-corrected chi connectivity index (χ2v) is 6.31. The minimum atomic E-state index is -1.26. The third-order valence-corrected chi connectivity index (χ3v) is 4.16. The number of aromatic nitrogens is 1. The van der Waals surface area contributed by atoms with Gasteiger partial charge in [-0.25, -0.2) is 13.8 Å². The van der Waals surface area contributed by atoms with Crippen molar-refractivity contribution in [3.63, 3.8) is 0 Å². The molecular formula is C20H17F2NO3. The molecule has 0 amide bonds. The number of carbonyl (C=O) groups is 1. The molecule has 0 radical (unpaired) electrons. The molecule has 0 atom stereocenters. The number of hydrogen-bond donors (Lipinski definition) is 0. The van der Waals surface area contributed by atoms with E-state index in [1.54, 1.807) is 38.1 Å². The Kier molecular flexibility index (Phi) is 4.59. The average molecular weight is 357 g/mol. The molecule has 0 unspecified atom stereocenters. The molecule has 1 aromatic heterocycles. The van der Waals surface area contributed by atoms with Crippen LogP contribution < -0.4 is 4.74 Å². The second kappa shape index (κ2) is 6.71. The molecule has 0 bridgehead atoms.